The number of nitrogens with zero attached hydrogens (tertiary/aromatic N) is 6. The molecule has 37 heavy (non-hydrogen) atoms. The second-order valence-electron chi connectivity index (χ2n) is 8.16. The summed E-state index contributed by atoms with van der Waals surface area (Å²) < 4.78 is 54.1. The Morgan fingerprint density at radius 1 is 1.19 bits per heavy atom. The fraction of sp³-hybridized carbons (Fsp3) is 0.273. The summed E-state index contributed by atoms with van der Waals surface area (Å²) in [5.41, 5.74) is 6.85. The van der Waals surface area contributed by atoms with E-state index in [1.165, 1.54) is 37.4 Å². The molecule has 2 amide bonds. The van der Waals surface area contributed by atoms with Crippen LogP contribution in [0, 0.1) is 5.82 Å². The summed E-state index contributed by atoms with van der Waals surface area (Å²) in [5.74, 6) is -3.35. The van der Waals surface area contributed by atoms with E-state index in [4.69, 9.17) is 5.73 Å². The lowest BCUT2D eigenvalue weighted by atomic mass is 9.93. The van der Waals surface area contributed by atoms with Crippen molar-refractivity contribution in [3.05, 3.63) is 76.3 Å². The lowest BCUT2D eigenvalue weighted by molar-refractivity contribution is -0.145. The van der Waals surface area contributed by atoms with E-state index in [1.807, 2.05) is 0 Å². The number of carbonyl (C=O) groups is 2. The first-order valence-corrected chi connectivity index (χ1v) is 10.9. The maximum atomic E-state index is 14.6. The van der Waals surface area contributed by atoms with Crippen molar-refractivity contribution in [2.45, 2.75) is 32.1 Å². The predicted molar refractivity (Wildman–Crippen MR) is 120 cm³/mol. The molecule has 4 rings (SSSR count). The number of benzene rings is 1. The first-order chi connectivity index (χ1) is 17.5. The number of para-hydroxylation sites is 1. The van der Waals surface area contributed by atoms with E-state index in [2.05, 4.69) is 31.1 Å². The Morgan fingerprint density at radius 3 is 2.57 bits per heavy atom. The molecule has 2 aromatic heterocycles. The van der Waals surface area contributed by atoms with Crippen molar-refractivity contribution >= 4 is 11.8 Å². The standard InChI is InChI=1S/C22H21F4N9O2/c1-11-7-12(27)8-14(19(36)28-2)18(11)29-20(37)17-9-13(10-34-32-21(30-33-34)22(24,25)26)31-35(17)16-6-4-3-5-15(16)23/h3-6,8-9,12H,7,10,27H2,1-2H3,(H,28,36)(H,29,37). The summed E-state index contributed by atoms with van der Waals surface area (Å²) in [5, 5.41) is 19.0. The van der Waals surface area contributed by atoms with Gasteiger partial charge in [-0.2, -0.15) is 23.1 Å². The quantitative estimate of drug-likeness (QED) is 0.418. The van der Waals surface area contributed by atoms with Crippen LogP contribution in [0.2, 0.25) is 0 Å². The third-order valence-electron chi connectivity index (χ3n) is 5.41. The smallest absolute Gasteiger partial charge is 0.355 e. The molecule has 1 aliphatic carbocycles. The lowest BCUT2D eigenvalue weighted by Crippen LogP contribution is -2.36. The van der Waals surface area contributed by atoms with Crippen LogP contribution in [0.1, 0.15) is 35.4 Å². The van der Waals surface area contributed by atoms with Crippen LogP contribution in [0.25, 0.3) is 5.69 Å². The van der Waals surface area contributed by atoms with Crippen LogP contribution in [0.5, 0.6) is 0 Å². The number of halogens is 4. The molecule has 1 unspecified atom stereocenters. The highest BCUT2D eigenvalue weighted by atomic mass is 19.4. The fourth-order valence-corrected chi connectivity index (χ4v) is 3.76. The normalized spacial score (nSPS) is 16.0. The Balaban J connectivity index is 1.71. The monoisotopic (exact) mass is 519 g/mol. The number of tetrazole rings is 1. The largest absolute Gasteiger partial charge is 0.455 e. The van der Waals surface area contributed by atoms with Gasteiger partial charge >= 0.3 is 6.18 Å². The van der Waals surface area contributed by atoms with Crippen molar-refractivity contribution in [2.24, 2.45) is 5.73 Å². The molecule has 0 aliphatic heterocycles. The summed E-state index contributed by atoms with van der Waals surface area (Å²) in [7, 11) is 1.43. The maximum absolute atomic E-state index is 14.6. The highest BCUT2D eigenvalue weighted by Crippen LogP contribution is 2.26. The third-order valence-corrected chi connectivity index (χ3v) is 5.41. The number of hydrogen-bond acceptors (Lipinski definition) is 7. The SMILES string of the molecule is CNC(=O)C1=CC(N)CC(C)=C1NC(=O)c1cc(Cn2nnc(C(F)(F)F)n2)nn1-c1ccccc1F. The van der Waals surface area contributed by atoms with Gasteiger partial charge in [0, 0.05) is 13.1 Å². The van der Waals surface area contributed by atoms with E-state index >= 15 is 0 Å². The number of hydrogen-bond donors (Lipinski definition) is 3. The number of alkyl halides is 3. The molecule has 11 nitrogen and oxygen atoms in total. The molecule has 15 heteroatoms. The van der Waals surface area contributed by atoms with Crippen LogP contribution in [0.3, 0.4) is 0 Å². The molecule has 4 N–H and O–H groups in total. The van der Waals surface area contributed by atoms with Crippen molar-refractivity contribution in [1.29, 1.82) is 0 Å². The molecule has 0 radical (unpaired) electrons. The molecule has 1 aliphatic rings. The Labute approximate surface area is 207 Å². The number of likely N-dealkylation sites (N-methyl/N-ethyl adjacent to an activating group) is 1. The number of aromatic nitrogens is 6. The average Bonchev–Trinajstić information content (AvgIpc) is 3.48. The van der Waals surface area contributed by atoms with Crippen LogP contribution in [-0.4, -0.2) is 54.9 Å². The second kappa shape index (κ2) is 9.93. The van der Waals surface area contributed by atoms with Gasteiger partial charge < -0.3 is 16.4 Å². The lowest BCUT2D eigenvalue weighted by Gasteiger charge is -2.23. The number of rotatable bonds is 6. The zero-order valence-corrected chi connectivity index (χ0v) is 19.5. The molecular weight excluding hydrogens is 498 g/mol. The van der Waals surface area contributed by atoms with Gasteiger partial charge in [-0.1, -0.05) is 18.2 Å². The van der Waals surface area contributed by atoms with E-state index in [0.29, 0.717) is 16.8 Å². The minimum atomic E-state index is -4.79. The van der Waals surface area contributed by atoms with Crippen molar-refractivity contribution in [3.63, 3.8) is 0 Å². The number of carbonyl (C=O) groups excluding carboxylic acids is 2. The van der Waals surface area contributed by atoms with E-state index in [9.17, 15) is 27.2 Å². The van der Waals surface area contributed by atoms with Gasteiger partial charge in [-0.3, -0.25) is 9.59 Å². The van der Waals surface area contributed by atoms with Gasteiger partial charge in [0.1, 0.15) is 23.7 Å². The summed E-state index contributed by atoms with van der Waals surface area (Å²) >= 11 is 0. The van der Waals surface area contributed by atoms with Crippen molar-refractivity contribution in [3.8, 4) is 5.69 Å². The second-order valence-corrected chi connectivity index (χ2v) is 8.16. The summed E-state index contributed by atoms with van der Waals surface area (Å²) in [6.07, 6.45) is -2.89. The van der Waals surface area contributed by atoms with Gasteiger partial charge in [-0.25, -0.2) is 9.07 Å². The van der Waals surface area contributed by atoms with Crippen LogP contribution in [0.15, 0.2) is 53.3 Å². The van der Waals surface area contributed by atoms with Crippen LogP contribution < -0.4 is 16.4 Å². The minimum absolute atomic E-state index is 0.0537. The van der Waals surface area contributed by atoms with Crippen molar-refractivity contribution in [1.82, 2.24) is 40.6 Å². The predicted octanol–water partition coefficient (Wildman–Crippen LogP) is 1.47. The zero-order valence-electron chi connectivity index (χ0n) is 19.5. The van der Waals surface area contributed by atoms with Gasteiger partial charge in [0.05, 0.1) is 17.0 Å². The van der Waals surface area contributed by atoms with Gasteiger partial charge in [0.2, 0.25) is 0 Å². The Bertz CT molecular complexity index is 1420. The number of nitrogens with one attached hydrogen (secondary N) is 2. The highest BCUT2D eigenvalue weighted by Gasteiger charge is 2.37. The summed E-state index contributed by atoms with van der Waals surface area (Å²) in [6, 6.07) is 6.33. The van der Waals surface area contributed by atoms with Crippen LogP contribution >= 0.6 is 0 Å². The van der Waals surface area contributed by atoms with E-state index in [-0.39, 0.29) is 34.9 Å². The maximum Gasteiger partial charge on any atom is 0.455 e. The Hall–Kier alpha value is -4.40. The topological polar surface area (TPSA) is 146 Å². The van der Waals surface area contributed by atoms with Crippen LogP contribution in [0.4, 0.5) is 17.6 Å². The first-order valence-electron chi connectivity index (χ1n) is 10.9. The molecule has 0 fully saturated rings. The molecule has 1 aromatic carbocycles. The molecule has 1 atom stereocenters. The molecular formula is C22H21F4N9O2. The van der Waals surface area contributed by atoms with E-state index in [0.717, 1.165) is 10.7 Å². The average molecular weight is 519 g/mol. The fourth-order valence-electron chi connectivity index (χ4n) is 3.76. The van der Waals surface area contributed by atoms with Gasteiger partial charge in [0.25, 0.3) is 17.6 Å². The minimum Gasteiger partial charge on any atom is -0.355 e. The molecule has 0 saturated carbocycles. The molecule has 0 bridgehead atoms. The molecule has 0 saturated heterocycles. The molecule has 194 valence electrons. The summed E-state index contributed by atoms with van der Waals surface area (Å²) in [6.45, 7) is 1.32. The Kier molecular flexibility index (Phi) is 6.89. The first kappa shape index (κ1) is 25.7. The summed E-state index contributed by atoms with van der Waals surface area (Å²) in [4.78, 5) is 26.4. The van der Waals surface area contributed by atoms with E-state index < -0.39 is 35.7 Å². The van der Waals surface area contributed by atoms with E-state index in [1.54, 1.807) is 6.92 Å². The Morgan fingerprint density at radius 2 is 1.92 bits per heavy atom. The molecule has 0 spiro atoms. The highest BCUT2D eigenvalue weighted by molar-refractivity contribution is 6.02. The van der Waals surface area contributed by atoms with Crippen LogP contribution in [-0.2, 0) is 17.5 Å². The third kappa shape index (κ3) is 5.40. The molecule has 2 heterocycles. The van der Waals surface area contributed by atoms with Crippen molar-refractivity contribution in [2.75, 3.05) is 7.05 Å². The number of amides is 2. The zero-order chi connectivity index (χ0) is 26.9. The molecule has 3 aromatic rings. The van der Waals surface area contributed by atoms with Gasteiger partial charge in [-0.05, 0) is 42.3 Å². The van der Waals surface area contributed by atoms with Gasteiger partial charge in [-0.15, -0.1) is 10.2 Å². The van der Waals surface area contributed by atoms with Gasteiger partial charge in [0.15, 0.2) is 0 Å². The number of nitrogens with two attached hydrogens (primary N) is 1. The van der Waals surface area contributed by atoms with Crippen molar-refractivity contribution < 1.29 is 27.2 Å².